The van der Waals surface area contributed by atoms with Gasteiger partial charge in [0, 0.05) is 12.6 Å². The van der Waals surface area contributed by atoms with Crippen molar-refractivity contribution >= 4 is 34.8 Å². The van der Waals surface area contributed by atoms with E-state index >= 15 is 0 Å². The maximum absolute atomic E-state index is 12.9. The largest absolute Gasteiger partial charge is 0.495 e. The number of carbonyl (C=O) groups is 3. The van der Waals surface area contributed by atoms with E-state index in [0.29, 0.717) is 35.2 Å². The average Bonchev–Trinajstić information content (AvgIpc) is 2.99. The van der Waals surface area contributed by atoms with Gasteiger partial charge in [0.25, 0.3) is 5.91 Å². The van der Waals surface area contributed by atoms with Gasteiger partial charge in [0.15, 0.2) is 0 Å². The molecule has 2 aromatic rings. The Kier molecular flexibility index (Phi) is 6.56. The second-order valence-electron chi connectivity index (χ2n) is 6.91. The van der Waals surface area contributed by atoms with Crippen molar-refractivity contribution in [2.45, 2.75) is 32.7 Å². The minimum absolute atomic E-state index is 0.0143. The van der Waals surface area contributed by atoms with Gasteiger partial charge in [-0.2, -0.15) is 0 Å². The molecule has 1 unspecified atom stereocenters. The lowest BCUT2D eigenvalue weighted by Crippen LogP contribution is -2.34. The van der Waals surface area contributed by atoms with Gasteiger partial charge < -0.3 is 20.1 Å². The van der Waals surface area contributed by atoms with E-state index in [1.54, 1.807) is 42.5 Å². The van der Waals surface area contributed by atoms with Crippen molar-refractivity contribution in [1.82, 2.24) is 0 Å². The zero-order valence-corrected chi connectivity index (χ0v) is 17.2. The summed E-state index contributed by atoms with van der Waals surface area (Å²) in [6.45, 7) is 4.03. The first-order valence-electron chi connectivity index (χ1n) is 9.74. The van der Waals surface area contributed by atoms with Crippen LogP contribution in [-0.2, 0) is 14.4 Å². The van der Waals surface area contributed by atoms with Gasteiger partial charge in [0.1, 0.15) is 17.5 Å². The lowest BCUT2D eigenvalue weighted by molar-refractivity contribution is -0.121. The monoisotopic (exact) mass is 411 g/mol. The molecular formula is C22H25N3O5. The molecule has 158 valence electrons. The van der Waals surface area contributed by atoms with E-state index in [-0.39, 0.29) is 24.1 Å². The Morgan fingerprint density at radius 1 is 1.17 bits per heavy atom. The Morgan fingerprint density at radius 2 is 1.90 bits per heavy atom. The van der Waals surface area contributed by atoms with Crippen LogP contribution in [0.4, 0.5) is 17.1 Å². The third kappa shape index (κ3) is 4.71. The Bertz CT molecular complexity index is 942. The number of hydrogen-bond donors (Lipinski definition) is 2. The van der Waals surface area contributed by atoms with Crippen LogP contribution in [0.2, 0.25) is 0 Å². The lowest BCUT2D eigenvalue weighted by Gasteiger charge is -2.18. The molecule has 0 spiro atoms. The van der Waals surface area contributed by atoms with Crippen LogP contribution in [0.1, 0.15) is 26.7 Å². The van der Waals surface area contributed by atoms with Crippen LogP contribution in [0.25, 0.3) is 0 Å². The predicted octanol–water partition coefficient (Wildman–Crippen LogP) is 3.19. The number of imide groups is 1. The number of ether oxygens (including phenoxy) is 2. The van der Waals surface area contributed by atoms with Crippen molar-refractivity contribution in [2.24, 2.45) is 0 Å². The van der Waals surface area contributed by atoms with Gasteiger partial charge in [0.2, 0.25) is 11.8 Å². The highest BCUT2D eigenvalue weighted by Crippen LogP contribution is 2.32. The maximum atomic E-state index is 12.9. The predicted molar refractivity (Wildman–Crippen MR) is 114 cm³/mol. The standard InChI is InChI=1S/C22H25N3O5/c1-4-11-30-17-8-6-16(7-9-17)25-21(27)13-19(22(25)28)24-18-12-15(23-14(2)26)5-10-20(18)29-3/h5-10,12,19,24H,4,11,13H2,1-3H3,(H,23,26). The molecule has 0 radical (unpaired) electrons. The summed E-state index contributed by atoms with van der Waals surface area (Å²) in [6, 6.07) is 11.2. The van der Waals surface area contributed by atoms with E-state index in [2.05, 4.69) is 10.6 Å². The van der Waals surface area contributed by atoms with Crippen molar-refractivity contribution in [3.63, 3.8) is 0 Å². The summed E-state index contributed by atoms with van der Waals surface area (Å²) < 4.78 is 10.9. The number of carbonyl (C=O) groups excluding carboxylic acids is 3. The molecule has 2 aromatic carbocycles. The van der Waals surface area contributed by atoms with Crippen molar-refractivity contribution in [3.05, 3.63) is 42.5 Å². The second-order valence-corrected chi connectivity index (χ2v) is 6.91. The number of rotatable bonds is 8. The van der Waals surface area contributed by atoms with Crippen LogP contribution in [-0.4, -0.2) is 37.5 Å². The summed E-state index contributed by atoms with van der Waals surface area (Å²) in [5.74, 6) is 0.329. The van der Waals surface area contributed by atoms with Crippen LogP contribution < -0.4 is 25.0 Å². The molecule has 30 heavy (non-hydrogen) atoms. The summed E-state index contributed by atoms with van der Waals surface area (Å²) in [7, 11) is 1.51. The van der Waals surface area contributed by atoms with E-state index in [4.69, 9.17) is 9.47 Å². The topological polar surface area (TPSA) is 97.0 Å². The number of hydrogen-bond acceptors (Lipinski definition) is 6. The Hall–Kier alpha value is -3.55. The fourth-order valence-corrected chi connectivity index (χ4v) is 3.22. The van der Waals surface area contributed by atoms with Crippen LogP contribution >= 0.6 is 0 Å². The fourth-order valence-electron chi connectivity index (χ4n) is 3.22. The van der Waals surface area contributed by atoms with Crippen LogP contribution in [0, 0.1) is 0 Å². The van der Waals surface area contributed by atoms with Gasteiger partial charge >= 0.3 is 0 Å². The van der Waals surface area contributed by atoms with Crippen molar-refractivity contribution < 1.29 is 23.9 Å². The molecule has 1 fully saturated rings. The molecular weight excluding hydrogens is 386 g/mol. The Labute approximate surface area is 175 Å². The van der Waals surface area contributed by atoms with E-state index < -0.39 is 6.04 Å². The first kappa shape index (κ1) is 21.2. The number of nitrogens with zero attached hydrogens (tertiary/aromatic N) is 1. The van der Waals surface area contributed by atoms with Crippen LogP contribution in [0.15, 0.2) is 42.5 Å². The lowest BCUT2D eigenvalue weighted by atomic mass is 10.2. The molecule has 2 N–H and O–H groups in total. The summed E-state index contributed by atoms with van der Waals surface area (Å²) in [4.78, 5) is 38.0. The number of methoxy groups -OCH3 is 1. The molecule has 0 saturated carbocycles. The smallest absolute Gasteiger partial charge is 0.256 e. The van der Waals surface area contributed by atoms with Gasteiger partial charge in [-0.1, -0.05) is 6.92 Å². The molecule has 1 saturated heterocycles. The zero-order valence-electron chi connectivity index (χ0n) is 17.2. The molecule has 1 atom stereocenters. The quantitative estimate of drug-likeness (QED) is 0.648. The van der Waals surface area contributed by atoms with Crippen molar-refractivity contribution in [2.75, 3.05) is 29.3 Å². The zero-order chi connectivity index (χ0) is 21.7. The highest BCUT2D eigenvalue weighted by Gasteiger charge is 2.40. The summed E-state index contributed by atoms with van der Waals surface area (Å²) in [6.07, 6.45) is 0.908. The second kappa shape index (κ2) is 9.30. The molecule has 0 bridgehead atoms. The van der Waals surface area contributed by atoms with Crippen LogP contribution in [0.3, 0.4) is 0 Å². The van der Waals surface area contributed by atoms with Gasteiger partial charge in [-0.3, -0.25) is 14.4 Å². The first-order valence-corrected chi connectivity index (χ1v) is 9.74. The minimum Gasteiger partial charge on any atom is -0.495 e. The van der Waals surface area contributed by atoms with Crippen LogP contribution in [0.5, 0.6) is 11.5 Å². The fraction of sp³-hybridized carbons (Fsp3) is 0.318. The molecule has 3 rings (SSSR count). The van der Waals surface area contributed by atoms with Gasteiger partial charge in [-0.15, -0.1) is 0 Å². The van der Waals surface area contributed by atoms with Crippen molar-refractivity contribution in [1.29, 1.82) is 0 Å². The highest BCUT2D eigenvalue weighted by atomic mass is 16.5. The molecule has 8 nitrogen and oxygen atoms in total. The van der Waals surface area contributed by atoms with E-state index in [9.17, 15) is 14.4 Å². The molecule has 1 aliphatic rings. The summed E-state index contributed by atoms with van der Waals surface area (Å²) in [5, 5.41) is 5.77. The highest BCUT2D eigenvalue weighted by molar-refractivity contribution is 6.23. The third-order valence-corrected chi connectivity index (χ3v) is 4.56. The molecule has 0 aromatic heterocycles. The number of amides is 3. The maximum Gasteiger partial charge on any atom is 0.256 e. The van der Waals surface area contributed by atoms with Gasteiger partial charge in [-0.25, -0.2) is 4.90 Å². The van der Waals surface area contributed by atoms with E-state index in [1.807, 2.05) is 6.92 Å². The van der Waals surface area contributed by atoms with E-state index in [1.165, 1.54) is 18.9 Å². The molecule has 1 aliphatic heterocycles. The first-order chi connectivity index (χ1) is 14.4. The minimum atomic E-state index is -0.741. The van der Waals surface area contributed by atoms with Gasteiger partial charge in [-0.05, 0) is 48.9 Å². The number of anilines is 3. The normalized spacial score (nSPS) is 15.8. The number of nitrogens with one attached hydrogen (secondary N) is 2. The molecule has 1 heterocycles. The van der Waals surface area contributed by atoms with E-state index in [0.717, 1.165) is 6.42 Å². The number of benzene rings is 2. The Morgan fingerprint density at radius 3 is 2.53 bits per heavy atom. The molecule has 0 aliphatic carbocycles. The average molecular weight is 411 g/mol. The third-order valence-electron chi connectivity index (χ3n) is 4.56. The Balaban J connectivity index is 1.77. The molecule has 3 amide bonds. The summed E-state index contributed by atoms with van der Waals surface area (Å²) >= 11 is 0. The summed E-state index contributed by atoms with van der Waals surface area (Å²) in [5.41, 5.74) is 1.57. The SMILES string of the molecule is CCCOc1ccc(N2C(=O)CC(Nc3cc(NC(C)=O)ccc3OC)C2=O)cc1. The van der Waals surface area contributed by atoms with Crippen molar-refractivity contribution in [3.8, 4) is 11.5 Å². The molecule has 8 heteroatoms. The van der Waals surface area contributed by atoms with Gasteiger partial charge in [0.05, 0.1) is 31.5 Å².